The first kappa shape index (κ1) is 12.9. The topological polar surface area (TPSA) is 80.4 Å². The molecule has 0 saturated carbocycles. The van der Waals surface area contributed by atoms with E-state index in [1.807, 2.05) is 20.8 Å². The Bertz CT molecular complexity index is 209. The highest BCUT2D eigenvalue weighted by atomic mass is 16.4. The maximum atomic E-state index is 10.9. The lowest BCUT2D eigenvalue weighted by molar-refractivity contribution is -0.147. The molecule has 1 amide bonds. The Labute approximate surface area is 84.5 Å². The number of aliphatic carboxylic acids is 1. The Hall–Kier alpha value is -1.06. The summed E-state index contributed by atoms with van der Waals surface area (Å²) >= 11 is 0. The Morgan fingerprint density at radius 1 is 1.43 bits per heavy atom. The first-order valence-electron chi connectivity index (χ1n) is 4.82. The maximum Gasteiger partial charge on any atom is 0.316 e. The van der Waals surface area contributed by atoms with Crippen LogP contribution in [-0.2, 0) is 9.59 Å². The van der Waals surface area contributed by atoms with Crippen molar-refractivity contribution in [1.29, 1.82) is 0 Å². The van der Waals surface area contributed by atoms with Crippen LogP contribution in [0.15, 0.2) is 0 Å². The SMILES string of the molecule is CCCC(C)(C)CC(C(N)=O)C(=O)O. The highest BCUT2D eigenvalue weighted by Crippen LogP contribution is 2.30. The van der Waals surface area contributed by atoms with Crippen LogP contribution < -0.4 is 5.73 Å². The van der Waals surface area contributed by atoms with Crippen LogP contribution in [0.5, 0.6) is 0 Å². The molecular weight excluding hydrogens is 182 g/mol. The van der Waals surface area contributed by atoms with Crippen molar-refractivity contribution in [1.82, 2.24) is 0 Å². The van der Waals surface area contributed by atoms with Crippen molar-refractivity contribution >= 4 is 11.9 Å². The molecule has 0 aromatic rings. The van der Waals surface area contributed by atoms with E-state index in [9.17, 15) is 9.59 Å². The summed E-state index contributed by atoms with van der Waals surface area (Å²) in [6.07, 6.45) is 2.17. The van der Waals surface area contributed by atoms with E-state index in [4.69, 9.17) is 10.8 Å². The van der Waals surface area contributed by atoms with E-state index in [-0.39, 0.29) is 5.41 Å². The van der Waals surface area contributed by atoms with Gasteiger partial charge >= 0.3 is 5.97 Å². The van der Waals surface area contributed by atoms with E-state index < -0.39 is 17.8 Å². The molecule has 3 N–H and O–H groups in total. The molecule has 14 heavy (non-hydrogen) atoms. The van der Waals surface area contributed by atoms with Gasteiger partial charge in [0.05, 0.1) is 0 Å². The molecular formula is C10H19NO3. The van der Waals surface area contributed by atoms with Gasteiger partial charge < -0.3 is 10.8 Å². The molecule has 0 aromatic heterocycles. The van der Waals surface area contributed by atoms with Gasteiger partial charge in [-0.2, -0.15) is 0 Å². The Morgan fingerprint density at radius 2 is 1.93 bits per heavy atom. The number of carbonyl (C=O) groups is 2. The highest BCUT2D eigenvalue weighted by molar-refractivity contribution is 5.96. The predicted molar refractivity (Wildman–Crippen MR) is 53.6 cm³/mol. The molecule has 4 heteroatoms. The zero-order chi connectivity index (χ0) is 11.4. The summed E-state index contributed by atoms with van der Waals surface area (Å²) in [5.74, 6) is -2.93. The molecule has 0 radical (unpaired) electrons. The van der Waals surface area contributed by atoms with Crippen molar-refractivity contribution in [3.63, 3.8) is 0 Å². The fraction of sp³-hybridized carbons (Fsp3) is 0.800. The summed E-state index contributed by atoms with van der Waals surface area (Å²) in [5, 5.41) is 8.77. The lowest BCUT2D eigenvalue weighted by atomic mass is 9.79. The molecule has 0 aliphatic heterocycles. The van der Waals surface area contributed by atoms with Gasteiger partial charge in [0, 0.05) is 0 Å². The third kappa shape index (κ3) is 4.25. The van der Waals surface area contributed by atoms with Crippen molar-refractivity contribution in [2.24, 2.45) is 17.1 Å². The Morgan fingerprint density at radius 3 is 2.21 bits per heavy atom. The normalized spacial score (nSPS) is 13.6. The van der Waals surface area contributed by atoms with Gasteiger partial charge in [-0.3, -0.25) is 9.59 Å². The van der Waals surface area contributed by atoms with Crippen molar-refractivity contribution in [2.75, 3.05) is 0 Å². The van der Waals surface area contributed by atoms with Gasteiger partial charge in [-0.25, -0.2) is 0 Å². The average Bonchev–Trinajstić information content (AvgIpc) is 1.99. The summed E-state index contributed by atoms with van der Waals surface area (Å²) in [6.45, 7) is 5.94. The van der Waals surface area contributed by atoms with Crippen LogP contribution in [-0.4, -0.2) is 17.0 Å². The lowest BCUT2D eigenvalue weighted by Crippen LogP contribution is -2.34. The minimum atomic E-state index is -1.12. The van der Waals surface area contributed by atoms with Gasteiger partial charge in [0.25, 0.3) is 0 Å². The smallest absolute Gasteiger partial charge is 0.316 e. The van der Waals surface area contributed by atoms with Gasteiger partial charge in [-0.1, -0.05) is 27.2 Å². The van der Waals surface area contributed by atoms with E-state index in [0.717, 1.165) is 12.8 Å². The number of carboxylic acids is 1. The molecule has 0 bridgehead atoms. The molecule has 0 aliphatic carbocycles. The van der Waals surface area contributed by atoms with Gasteiger partial charge in [-0.05, 0) is 18.3 Å². The fourth-order valence-electron chi connectivity index (χ4n) is 1.64. The first-order valence-corrected chi connectivity index (χ1v) is 4.82. The second-order valence-corrected chi connectivity index (χ2v) is 4.41. The summed E-state index contributed by atoms with van der Waals surface area (Å²) in [6, 6.07) is 0. The highest BCUT2D eigenvalue weighted by Gasteiger charge is 2.31. The summed E-state index contributed by atoms with van der Waals surface area (Å²) in [4.78, 5) is 21.6. The van der Waals surface area contributed by atoms with Crippen LogP contribution in [0, 0.1) is 11.3 Å². The summed E-state index contributed by atoms with van der Waals surface area (Å²) in [5.41, 5.74) is 4.88. The van der Waals surface area contributed by atoms with Crippen LogP contribution in [0.25, 0.3) is 0 Å². The van der Waals surface area contributed by atoms with Crippen LogP contribution in [0.3, 0.4) is 0 Å². The van der Waals surface area contributed by atoms with Crippen molar-refractivity contribution in [3.05, 3.63) is 0 Å². The molecule has 0 saturated heterocycles. The van der Waals surface area contributed by atoms with E-state index in [1.165, 1.54) is 0 Å². The van der Waals surface area contributed by atoms with Gasteiger partial charge in [0.1, 0.15) is 5.92 Å². The van der Waals surface area contributed by atoms with Crippen molar-refractivity contribution in [3.8, 4) is 0 Å². The number of rotatable bonds is 6. The zero-order valence-corrected chi connectivity index (χ0v) is 9.04. The number of nitrogens with two attached hydrogens (primary N) is 1. The van der Waals surface area contributed by atoms with Crippen LogP contribution >= 0.6 is 0 Å². The van der Waals surface area contributed by atoms with Crippen LogP contribution in [0.4, 0.5) is 0 Å². The van der Waals surface area contributed by atoms with E-state index >= 15 is 0 Å². The number of carboxylic acid groups (broad SMARTS) is 1. The molecule has 0 fully saturated rings. The third-order valence-electron chi connectivity index (χ3n) is 2.33. The molecule has 1 unspecified atom stereocenters. The zero-order valence-electron chi connectivity index (χ0n) is 9.04. The molecule has 82 valence electrons. The number of hydrogen-bond acceptors (Lipinski definition) is 2. The molecule has 0 rings (SSSR count). The quantitative estimate of drug-likeness (QED) is 0.637. The maximum absolute atomic E-state index is 10.9. The van der Waals surface area contributed by atoms with Crippen LogP contribution in [0.1, 0.15) is 40.0 Å². The minimum absolute atomic E-state index is 0.146. The molecule has 0 aromatic carbocycles. The summed E-state index contributed by atoms with van der Waals surface area (Å²) in [7, 11) is 0. The molecule has 0 aliphatic rings. The lowest BCUT2D eigenvalue weighted by Gasteiger charge is -2.26. The number of amides is 1. The van der Waals surface area contributed by atoms with Crippen molar-refractivity contribution in [2.45, 2.75) is 40.0 Å². The molecule has 1 atom stereocenters. The number of primary amides is 1. The second-order valence-electron chi connectivity index (χ2n) is 4.41. The second kappa shape index (κ2) is 4.98. The van der Waals surface area contributed by atoms with E-state index in [2.05, 4.69) is 0 Å². The minimum Gasteiger partial charge on any atom is -0.481 e. The number of hydrogen-bond donors (Lipinski definition) is 2. The van der Waals surface area contributed by atoms with Gasteiger partial charge in [0.2, 0.25) is 5.91 Å². The van der Waals surface area contributed by atoms with Gasteiger partial charge in [-0.15, -0.1) is 0 Å². The fourth-order valence-corrected chi connectivity index (χ4v) is 1.64. The van der Waals surface area contributed by atoms with E-state index in [1.54, 1.807) is 0 Å². The van der Waals surface area contributed by atoms with E-state index in [0.29, 0.717) is 6.42 Å². The van der Waals surface area contributed by atoms with Crippen LogP contribution in [0.2, 0.25) is 0 Å². The third-order valence-corrected chi connectivity index (χ3v) is 2.33. The Kier molecular flexibility index (Phi) is 4.60. The number of carbonyl (C=O) groups excluding carboxylic acids is 1. The standard InChI is InChI=1S/C10H19NO3/c1-4-5-10(2,3)6-7(8(11)12)9(13)14/h7H,4-6H2,1-3H3,(H2,11,12)(H,13,14). The molecule has 0 spiro atoms. The monoisotopic (exact) mass is 201 g/mol. The van der Waals surface area contributed by atoms with Gasteiger partial charge in [0.15, 0.2) is 0 Å². The summed E-state index contributed by atoms with van der Waals surface area (Å²) < 4.78 is 0. The largest absolute Gasteiger partial charge is 0.481 e. The molecule has 0 heterocycles. The molecule has 4 nitrogen and oxygen atoms in total. The Balaban J connectivity index is 4.44. The first-order chi connectivity index (χ1) is 6.30. The average molecular weight is 201 g/mol. The van der Waals surface area contributed by atoms with Crippen molar-refractivity contribution < 1.29 is 14.7 Å². The predicted octanol–water partition coefficient (Wildman–Crippen LogP) is 1.39.